The minimum atomic E-state index is -2.47. The maximum Gasteiger partial charge on any atom is 0.144 e. The number of thiol groups is 1. The second-order valence-electron chi connectivity index (χ2n) is 0.946. The van der Waals surface area contributed by atoms with E-state index in [1.165, 1.54) is 0 Å². The molecule has 0 aromatic rings. The Bertz CT molecular complexity index is 91.1. The summed E-state index contributed by atoms with van der Waals surface area (Å²) in [5.74, 6) is 0.926. The van der Waals surface area contributed by atoms with E-state index in [1.54, 1.807) is 0 Å². The summed E-state index contributed by atoms with van der Waals surface area (Å²) in [4.78, 5) is 0. The summed E-state index contributed by atoms with van der Waals surface area (Å²) in [5, 5.41) is 0. The van der Waals surface area contributed by atoms with E-state index in [1.807, 2.05) is 0 Å². The molecule has 0 heterocycles. The molecule has 0 bridgehead atoms. The van der Waals surface area contributed by atoms with E-state index in [4.69, 9.17) is 0 Å². The quantitative estimate of drug-likeness (QED) is 0.543. The molecule has 0 atom stereocenters. The summed E-state index contributed by atoms with van der Waals surface area (Å²) in [7, 11) is -2.47. The maximum absolute atomic E-state index is 11.1. The van der Waals surface area contributed by atoms with E-state index in [0.29, 0.717) is 0 Å². The maximum atomic E-state index is 11.1. The average molecular weight is 125 g/mol. The van der Waals surface area contributed by atoms with Crippen LogP contribution >= 0.6 is 0 Å². The lowest BCUT2D eigenvalue weighted by Crippen LogP contribution is -1.79. The largest absolute Gasteiger partial charge is 0.251 e. The van der Waals surface area contributed by atoms with Gasteiger partial charge < -0.3 is 0 Å². The Morgan fingerprint density at radius 1 is 1.57 bits per heavy atom. The Hall–Kier alpha value is -0.120. The van der Waals surface area contributed by atoms with E-state index in [0.717, 1.165) is 5.75 Å². The van der Waals surface area contributed by atoms with Crippen molar-refractivity contribution in [3.63, 3.8) is 0 Å². The summed E-state index contributed by atoms with van der Waals surface area (Å²) in [6, 6.07) is 0. The van der Waals surface area contributed by atoms with E-state index in [9.17, 15) is 12.8 Å². The molecule has 0 rings (SSSR count). The van der Waals surface area contributed by atoms with Crippen LogP contribution in [0.15, 0.2) is 0 Å². The lowest BCUT2D eigenvalue weighted by atomic mass is 10.6. The van der Waals surface area contributed by atoms with Gasteiger partial charge in [-0.05, 0) is 6.42 Å². The number of hydrogen-bond donors (Lipinski definition) is 1. The van der Waals surface area contributed by atoms with Gasteiger partial charge in [-0.2, -0.15) is 0 Å². The Kier molecular flexibility index (Phi) is 3.98. The first-order valence-corrected chi connectivity index (χ1v) is 3.05. The minimum absolute atomic E-state index is 0.0126. The summed E-state index contributed by atoms with van der Waals surface area (Å²) in [6.07, 6.45) is 0.0126. The molecule has 0 saturated carbocycles. The van der Waals surface area contributed by atoms with Crippen LogP contribution < -0.4 is 0 Å². The molecule has 2 nitrogen and oxygen atoms in total. The van der Waals surface area contributed by atoms with Crippen molar-refractivity contribution in [3.05, 3.63) is 5.75 Å². The summed E-state index contributed by atoms with van der Waals surface area (Å²) in [6.45, 7) is -0.594. The van der Waals surface area contributed by atoms with Gasteiger partial charge in [-0.15, -0.1) is 0 Å². The molecule has 1 radical (unpaired) electrons. The van der Waals surface area contributed by atoms with Crippen LogP contribution in [0.5, 0.6) is 0 Å². The van der Waals surface area contributed by atoms with E-state index in [-0.39, 0.29) is 6.42 Å². The second-order valence-corrected chi connectivity index (χ2v) is 1.88. The number of rotatable bonds is 3. The molecule has 0 aliphatic rings. The van der Waals surface area contributed by atoms with Gasteiger partial charge in [-0.1, -0.05) is 0 Å². The predicted molar refractivity (Wildman–Crippen MR) is 25.2 cm³/mol. The van der Waals surface area contributed by atoms with Crippen molar-refractivity contribution >= 4 is 10.7 Å². The molecule has 0 amide bonds. The molecule has 7 heavy (non-hydrogen) atoms. The van der Waals surface area contributed by atoms with Gasteiger partial charge in [-0.25, -0.2) is 8.42 Å². The van der Waals surface area contributed by atoms with Crippen molar-refractivity contribution in [1.82, 2.24) is 0 Å². The molecule has 0 fully saturated rings. The highest BCUT2D eigenvalue weighted by atomic mass is 32.2. The SMILES string of the molecule is O=[SH](=O)[CH]CCF. The normalized spacial score (nSPS) is 10.0. The number of alkyl halides is 1. The Labute approximate surface area is 43.3 Å². The van der Waals surface area contributed by atoms with Crippen LogP contribution in [0.3, 0.4) is 0 Å². The van der Waals surface area contributed by atoms with Crippen molar-refractivity contribution in [2.75, 3.05) is 6.67 Å². The van der Waals surface area contributed by atoms with Gasteiger partial charge in [0, 0.05) is 0 Å². The third-order valence-electron chi connectivity index (χ3n) is 0.387. The minimum Gasteiger partial charge on any atom is -0.251 e. The topological polar surface area (TPSA) is 34.1 Å². The molecule has 0 spiro atoms. The highest BCUT2D eigenvalue weighted by Gasteiger charge is 1.84. The Morgan fingerprint density at radius 3 is 2.29 bits per heavy atom. The Morgan fingerprint density at radius 2 is 2.14 bits per heavy atom. The zero-order chi connectivity index (χ0) is 5.70. The van der Waals surface area contributed by atoms with Crippen LogP contribution in [-0.2, 0) is 10.7 Å². The van der Waals surface area contributed by atoms with Crippen LogP contribution in [0.4, 0.5) is 4.39 Å². The first-order chi connectivity index (χ1) is 3.27. The molecule has 0 aromatic carbocycles. The molecule has 4 heteroatoms. The third kappa shape index (κ3) is 5.88. The second kappa shape index (κ2) is 4.05. The first kappa shape index (κ1) is 6.88. The molecule has 0 aliphatic heterocycles. The molecule has 0 saturated heterocycles. The monoisotopic (exact) mass is 125 g/mol. The van der Waals surface area contributed by atoms with E-state index in [2.05, 4.69) is 0 Å². The molecule has 0 unspecified atom stereocenters. The van der Waals surface area contributed by atoms with Crippen molar-refractivity contribution in [2.24, 2.45) is 0 Å². The molecule has 0 aliphatic carbocycles. The fourth-order valence-corrected chi connectivity index (χ4v) is 0.463. The summed E-state index contributed by atoms with van der Waals surface area (Å²) >= 11 is 0. The first-order valence-electron chi connectivity index (χ1n) is 1.80. The number of halogens is 1. The van der Waals surface area contributed by atoms with Crippen LogP contribution in [0.25, 0.3) is 0 Å². The van der Waals surface area contributed by atoms with Gasteiger partial charge in [0.25, 0.3) is 0 Å². The third-order valence-corrected chi connectivity index (χ3v) is 0.944. The molecule has 0 N–H and O–H groups in total. The van der Waals surface area contributed by atoms with Crippen molar-refractivity contribution in [3.8, 4) is 0 Å². The summed E-state index contributed by atoms with van der Waals surface area (Å²) in [5.41, 5.74) is 0. The highest BCUT2D eigenvalue weighted by molar-refractivity contribution is 7.74. The molecule has 0 aromatic heterocycles. The van der Waals surface area contributed by atoms with Crippen molar-refractivity contribution < 1.29 is 12.8 Å². The molecule has 43 valence electrons. The van der Waals surface area contributed by atoms with Crippen LogP contribution in [0.1, 0.15) is 6.42 Å². The Balaban J connectivity index is 2.98. The van der Waals surface area contributed by atoms with Crippen LogP contribution in [-0.4, -0.2) is 15.1 Å². The lowest BCUT2D eigenvalue weighted by molar-refractivity contribution is 0.496. The van der Waals surface area contributed by atoms with Gasteiger partial charge in [-0.3, -0.25) is 4.39 Å². The molecular weight excluding hydrogens is 119 g/mol. The van der Waals surface area contributed by atoms with Gasteiger partial charge in [0.15, 0.2) is 0 Å². The van der Waals surface area contributed by atoms with E-state index >= 15 is 0 Å². The highest BCUT2D eigenvalue weighted by Crippen LogP contribution is 1.85. The van der Waals surface area contributed by atoms with Crippen LogP contribution in [0.2, 0.25) is 0 Å². The zero-order valence-electron chi connectivity index (χ0n) is 3.63. The molecular formula is C3H6FO2S. The van der Waals surface area contributed by atoms with E-state index < -0.39 is 17.4 Å². The fourth-order valence-electron chi connectivity index (χ4n) is 0.154. The van der Waals surface area contributed by atoms with Gasteiger partial charge in [0.2, 0.25) is 0 Å². The van der Waals surface area contributed by atoms with Crippen molar-refractivity contribution in [1.29, 1.82) is 0 Å². The lowest BCUT2D eigenvalue weighted by Gasteiger charge is -1.77. The zero-order valence-corrected chi connectivity index (χ0v) is 4.53. The predicted octanol–water partition coefficient (Wildman–Crippen LogP) is 0.119. The number of hydrogen-bond acceptors (Lipinski definition) is 2. The van der Waals surface area contributed by atoms with Crippen molar-refractivity contribution in [2.45, 2.75) is 6.42 Å². The van der Waals surface area contributed by atoms with Gasteiger partial charge in [0.1, 0.15) is 10.7 Å². The van der Waals surface area contributed by atoms with Gasteiger partial charge >= 0.3 is 0 Å². The summed E-state index contributed by atoms with van der Waals surface area (Å²) < 4.78 is 30.2. The van der Waals surface area contributed by atoms with Gasteiger partial charge in [0.05, 0.1) is 12.4 Å². The smallest absolute Gasteiger partial charge is 0.144 e. The fraction of sp³-hybridized carbons (Fsp3) is 0.667. The average Bonchev–Trinajstić information content (AvgIpc) is 1.61. The van der Waals surface area contributed by atoms with Crippen LogP contribution in [0, 0.1) is 5.75 Å². The standard InChI is InChI=1S/C3H6FO2S/c4-2-1-3-7(5)6/h3,7H,1-2H2.